The molecule has 0 aromatic heterocycles. The average Bonchev–Trinajstić information content (AvgIpc) is 2.56. The molecule has 0 spiro atoms. The number of rotatable bonds is 8. The molecule has 1 amide bonds. The monoisotopic (exact) mass is 444 g/mol. The van der Waals surface area contributed by atoms with Gasteiger partial charge in [0.1, 0.15) is 5.75 Å². The molecule has 0 bridgehead atoms. The van der Waals surface area contributed by atoms with E-state index in [1.54, 1.807) is 0 Å². The maximum atomic E-state index is 11.4. The van der Waals surface area contributed by atoms with Gasteiger partial charge in [-0.3, -0.25) is 4.79 Å². The maximum Gasteiger partial charge on any atom is 0.257 e. The molecule has 0 radical (unpaired) electrons. The number of hydrogen-bond acceptors (Lipinski definition) is 3. The van der Waals surface area contributed by atoms with Crippen molar-refractivity contribution in [3.05, 3.63) is 29.8 Å². The first-order valence-electron chi connectivity index (χ1n) is 7.63. The topological polar surface area (TPSA) is 74.8 Å². The number of hydrogen-bond donors (Lipinski definition) is 3. The van der Waals surface area contributed by atoms with E-state index in [2.05, 4.69) is 26.9 Å². The molecule has 3 N–H and O–H groups in total. The van der Waals surface area contributed by atoms with Gasteiger partial charge >= 0.3 is 0 Å². The minimum absolute atomic E-state index is 0. The van der Waals surface area contributed by atoms with Crippen LogP contribution < -0.4 is 20.7 Å². The largest absolute Gasteiger partial charge is 0.484 e. The van der Waals surface area contributed by atoms with Gasteiger partial charge in [0.2, 0.25) is 0 Å². The third kappa shape index (κ3) is 9.25. The molecule has 0 atom stereocenters. The molecule has 1 rings (SSSR count). The van der Waals surface area contributed by atoms with E-state index < -0.39 is 0 Å². The summed E-state index contributed by atoms with van der Waals surface area (Å²) in [5.41, 5.74) is 0.983. The lowest BCUT2D eigenvalue weighted by atomic mass is 10.2. The first-order valence-corrected chi connectivity index (χ1v) is 7.63. The molecule has 132 valence electrons. The quantitative estimate of drug-likeness (QED) is 0.246. The first kappa shape index (κ1) is 22.1. The SMILES string of the molecule is C#CCNC(=NCc1cccc(OCC(=O)NCC)c1)NCC.I. The van der Waals surface area contributed by atoms with Gasteiger partial charge in [-0.2, -0.15) is 0 Å². The van der Waals surface area contributed by atoms with Crippen LogP contribution in [0.2, 0.25) is 0 Å². The number of carbonyl (C=O) groups is 1. The van der Waals surface area contributed by atoms with E-state index in [0.29, 0.717) is 31.3 Å². The van der Waals surface area contributed by atoms with Crippen molar-refractivity contribution in [3.8, 4) is 18.1 Å². The van der Waals surface area contributed by atoms with E-state index >= 15 is 0 Å². The lowest BCUT2D eigenvalue weighted by Gasteiger charge is -2.10. The zero-order chi connectivity index (χ0) is 16.9. The van der Waals surface area contributed by atoms with E-state index in [1.807, 2.05) is 38.1 Å². The lowest BCUT2D eigenvalue weighted by Crippen LogP contribution is -2.37. The highest BCUT2D eigenvalue weighted by atomic mass is 127. The number of aliphatic imine (C=N–C) groups is 1. The van der Waals surface area contributed by atoms with Crippen LogP contribution in [0.15, 0.2) is 29.3 Å². The number of ether oxygens (including phenoxy) is 1. The second kappa shape index (κ2) is 13.5. The Kier molecular flexibility index (Phi) is 12.4. The van der Waals surface area contributed by atoms with Gasteiger partial charge in [0, 0.05) is 13.1 Å². The Bertz CT molecular complexity index is 570. The zero-order valence-electron chi connectivity index (χ0n) is 14.1. The highest BCUT2D eigenvalue weighted by Gasteiger charge is 2.02. The van der Waals surface area contributed by atoms with Gasteiger partial charge in [-0.05, 0) is 31.5 Å². The van der Waals surface area contributed by atoms with Crippen molar-refractivity contribution in [2.75, 3.05) is 26.2 Å². The van der Waals surface area contributed by atoms with Crippen molar-refractivity contribution in [3.63, 3.8) is 0 Å². The Balaban J connectivity index is 0.00000529. The minimum Gasteiger partial charge on any atom is -0.484 e. The summed E-state index contributed by atoms with van der Waals surface area (Å²) >= 11 is 0. The van der Waals surface area contributed by atoms with Crippen molar-refractivity contribution in [2.24, 2.45) is 4.99 Å². The van der Waals surface area contributed by atoms with Crippen molar-refractivity contribution >= 4 is 35.8 Å². The summed E-state index contributed by atoms with van der Waals surface area (Å²) in [4.78, 5) is 15.8. The van der Waals surface area contributed by atoms with Crippen LogP contribution in [0.3, 0.4) is 0 Å². The highest BCUT2D eigenvalue weighted by molar-refractivity contribution is 14.0. The Morgan fingerprint density at radius 1 is 1.25 bits per heavy atom. The molecule has 24 heavy (non-hydrogen) atoms. The molecule has 0 heterocycles. The number of halogens is 1. The van der Waals surface area contributed by atoms with Crippen molar-refractivity contribution in [1.82, 2.24) is 16.0 Å². The van der Waals surface area contributed by atoms with Gasteiger partial charge in [-0.15, -0.1) is 30.4 Å². The van der Waals surface area contributed by atoms with Crippen LogP contribution in [0.25, 0.3) is 0 Å². The predicted octanol–water partition coefficient (Wildman–Crippen LogP) is 1.51. The number of nitrogens with one attached hydrogen (secondary N) is 3. The zero-order valence-corrected chi connectivity index (χ0v) is 16.4. The fraction of sp³-hybridized carbons (Fsp3) is 0.412. The number of amides is 1. The molecule has 0 aliphatic carbocycles. The second-order valence-corrected chi connectivity index (χ2v) is 4.64. The Morgan fingerprint density at radius 2 is 2.00 bits per heavy atom. The van der Waals surface area contributed by atoms with Crippen LogP contribution >= 0.6 is 24.0 Å². The number of carbonyl (C=O) groups excluding carboxylic acids is 1. The predicted molar refractivity (Wildman–Crippen MR) is 108 cm³/mol. The van der Waals surface area contributed by atoms with Crippen LogP contribution in [0.5, 0.6) is 5.75 Å². The van der Waals surface area contributed by atoms with E-state index in [0.717, 1.165) is 12.1 Å². The van der Waals surface area contributed by atoms with Crippen LogP contribution in [-0.4, -0.2) is 38.1 Å². The van der Waals surface area contributed by atoms with Crippen LogP contribution in [0, 0.1) is 12.3 Å². The number of guanidine groups is 1. The number of terminal acetylenes is 1. The van der Waals surface area contributed by atoms with Gasteiger partial charge in [-0.25, -0.2) is 4.99 Å². The summed E-state index contributed by atoms with van der Waals surface area (Å²) in [7, 11) is 0. The molecule has 6 nitrogen and oxygen atoms in total. The number of benzene rings is 1. The molecule has 1 aromatic carbocycles. The minimum atomic E-state index is -0.135. The molecule has 0 aliphatic heterocycles. The summed E-state index contributed by atoms with van der Waals surface area (Å²) in [6, 6.07) is 7.51. The molecule has 1 aromatic rings. The maximum absolute atomic E-state index is 11.4. The third-order valence-electron chi connectivity index (χ3n) is 2.76. The van der Waals surface area contributed by atoms with Crippen molar-refractivity contribution < 1.29 is 9.53 Å². The van der Waals surface area contributed by atoms with Gasteiger partial charge in [0.25, 0.3) is 5.91 Å². The highest BCUT2D eigenvalue weighted by Crippen LogP contribution is 2.14. The van der Waals surface area contributed by atoms with Crippen molar-refractivity contribution in [2.45, 2.75) is 20.4 Å². The smallest absolute Gasteiger partial charge is 0.257 e. The fourth-order valence-electron chi connectivity index (χ4n) is 1.78. The second-order valence-electron chi connectivity index (χ2n) is 4.64. The normalized spacial score (nSPS) is 10.1. The molecule has 7 heteroatoms. The average molecular weight is 444 g/mol. The molecule has 0 saturated carbocycles. The standard InChI is InChI=1S/C17H24N4O2.HI/c1-4-10-20-17(19-6-3)21-12-14-8-7-9-15(11-14)23-13-16(22)18-5-2;/h1,7-9,11H,5-6,10,12-13H2,2-3H3,(H,18,22)(H2,19,20,21);1H. The third-order valence-corrected chi connectivity index (χ3v) is 2.76. The van der Waals surface area contributed by atoms with E-state index in [-0.39, 0.29) is 36.5 Å². The Morgan fingerprint density at radius 3 is 2.67 bits per heavy atom. The summed E-state index contributed by atoms with van der Waals surface area (Å²) in [6.45, 7) is 6.11. The summed E-state index contributed by atoms with van der Waals surface area (Å²) in [5, 5.41) is 8.83. The van der Waals surface area contributed by atoms with Crippen LogP contribution in [0.1, 0.15) is 19.4 Å². The van der Waals surface area contributed by atoms with Crippen LogP contribution in [0.4, 0.5) is 0 Å². The molecular formula is C17H25IN4O2. The van der Waals surface area contributed by atoms with Gasteiger partial charge in [0.15, 0.2) is 12.6 Å². The van der Waals surface area contributed by atoms with E-state index in [9.17, 15) is 4.79 Å². The number of nitrogens with zero attached hydrogens (tertiary/aromatic N) is 1. The molecule has 0 unspecified atom stereocenters. The van der Waals surface area contributed by atoms with E-state index in [1.165, 1.54) is 0 Å². The Hall–Kier alpha value is -1.95. The van der Waals surface area contributed by atoms with Gasteiger partial charge in [0.05, 0.1) is 13.1 Å². The van der Waals surface area contributed by atoms with Crippen LogP contribution in [-0.2, 0) is 11.3 Å². The molecule has 0 fully saturated rings. The summed E-state index contributed by atoms with van der Waals surface area (Å²) < 4.78 is 5.46. The van der Waals surface area contributed by atoms with Crippen molar-refractivity contribution in [1.29, 1.82) is 0 Å². The van der Waals surface area contributed by atoms with Gasteiger partial charge in [-0.1, -0.05) is 18.1 Å². The Labute approximate surface area is 160 Å². The summed E-state index contributed by atoms with van der Waals surface area (Å²) in [6.07, 6.45) is 5.23. The lowest BCUT2D eigenvalue weighted by molar-refractivity contribution is -0.122. The van der Waals surface area contributed by atoms with Gasteiger partial charge < -0.3 is 20.7 Å². The molecular weight excluding hydrogens is 419 g/mol. The number of likely N-dealkylation sites (N-methyl/N-ethyl adjacent to an activating group) is 1. The summed E-state index contributed by atoms with van der Waals surface area (Å²) in [5.74, 6) is 3.69. The fourth-order valence-corrected chi connectivity index (χ4v) is 1.78. The molecule has 0 aliphatic rings. The van der Waals surface area contributed by atoms with E-state index in [4.69, 9.17) is 11.2 Å². The molecule has 0 saturated heterocycles. The first-order chi connectivity index (χ1) is 11.2.